The lowest BCUT2D eigenvalue weighted by molar-refractivity contribution is -0.137. The summed E-state index contributed by atoms with van der Waals surface area (Å²) in [6.45, 7) is 4.04. The molecule has 0 aromatic heterocycles. The van der Waals surface area contributed by atoms with Gasteiger partial charge in [-0.2, -0.15) is 4.31 Å². The first-order chi connectivity index (χ1) is 12.1. The molecule has 1 heterocycles. The summed E-state index contributed by atoms with van der Waals surface area (Å²) in [6.07, 6.45) is 0.379. The molecular formula is C17H24N2O6S. The van der Waals surface area contributed by atoms with Crippen molar-refractivity contribution < 1.29 is 27.9 Å². The number of carbonyl (C=O) groups is 2. The van der Waals surface area contributed by atoms with Crippen LogP contribution in [-0.4, -0.2) is 79.8 Å². The monoisotopic (exact) mass is 384 g/mol. The summed E-state index contributed by atoms with van der Waals surface area (Å²) in [5, 5.41) is 8.90. The van der Waals surface area contributed by atoms with E-state index in [1.54, 1.807) is 11.0 Å². The Morgan fingerprint density at radius 3 is 2.58 bits per heavy atom. The molecule has 9 heteroatoms. The summed E-state index contributed by atoms with van der Waals surface area (Å²) in [4.78, 5) is 25.2. The van der Waals surface area contributed by atoms with Crippen molar-refractivity contribution in [2.45, 2.75) is 20.0 Å². The quantitative estimate of drug-likeness (QED) is 0.765. The maximum Gasteiger partial charge on any atom is 0.318 e. The van der Waals surface area contributed by atoms with Crippen molar-refractivity contribution in [1.29, 1.82) is 0 Å². The van der Waals surface area contributed by atoms with Crippen molar-refractivity contribution in [2.75, 3.05) is 39.0 Å². The minimum atomic E-state index is -3.69. The van der Waals surface area contributed by atoms with E-state index >= 15 is 0 Å². The summed E-state index contributed by atoms with van der Waals surface area (Å²) >= 11 is 0. The van der Waals surface area contributed by atoms with Gasteiger partial charge in [0.15, 0.2) is 0 Å². The summed E-state index contributed by atoms with van der Waals surface area (Å²) < 4.78 is 29.9. The van der Waals surface area contributed by atoms with Crippen LogP contribution in [0.5, 0.6) is 0 Å². The highest BCUT2D eigenvalue weighted by atomic mass is 32.2. The van der Waals surface area contributed by atoms with E-state index in [0.29, 0.717) is 12.1 Å². The number of ether oxygens (including phenoxy) is 1. The molecule has 1 atom stereocenters. The van der Waals surface area contributed by atoms with Gasteiger partial charge in [-0.25, -0.2) is 8.42 Å². The van der Waals surface area contributed by atoms with Gasteiger partial charge in [-0.05, 0) is 37.1 Å². The zero-order valence-corrected chi connectivity index (χ0v) is 16.0. The number of hydrogen-bond acceptors (Lipinski definition) is 5. The largest absolute Gasteiger partial charge is 0.480 e. The fourth-order valence-corrected chi connectivity index (χ4v) is 3.55. The van der Waals surface area contributed by atoms with E-state index in [4.69, 9.17) is 9.84 Å². The Labute approximate surface area is 153 Å². The highest BCUT2D eigenvalue weighted by Gasteiger charge is 2.30. The zero-order chi connectivity index (χ0) is 19.5. The van der Waals surface area contributed by atoms with Crippen LogP contribution in [0.2, 0.25) is 0 Å². The second-order valence-electron chi connectivity index (χ2n) is 6.49. The smallest absolute Gasteiger partial charge is 0.318 e. The Bertz CT molecular complexity index is 792. The lowest BCUT2D eigenvalue weighted by Gasteiger charge is -2.35. The number of benzene rings is 1. The minimum Gasteiger partial charge on any atom is -0.480 e. The molecule has 1 aromatic carbocycles. The van der Waals surface area contributed by atoms with Gasteiger partial charge in [-0.1, -0.05) is 6.07 Å². The number of amides is 1. The zero-order valence-electron chi connectivity index (χ0n) is 15.1. The van der Waals surface area contributed by atoms with E-state index in [9.17, 15) is 18.0 Å². The average Bonchev–Trinajstić information content (AvgIpc) is 2.55. The molecule has 1 aliphatic rings. The molecule has 0 aliphatic carbocycles. The molecule has 1 amide bonds. The average molecular weight is 384 g/mol. The van der Waals surface area contributed by atoms with Crippen molar-refractivity contribution in [3.63, 3.8) is 0 Å². The number of hydrogen-bond donors (Lipinski definition) is 1. The first kappa shape index (κ1) is 20.3. The van der Waals surface area contributed by atoms with E-state index in [1.807, 2.05) is 26.0 Å². The van der Waals surface area contributed by atoms with Crippen LogP contribution < -0.4 is 0 Å². The topological polar surface area (TPSA) is 104 Å². The fraction of sp³-hybridized carbons (Fsp3) is 0.529. The third-order valence-electron chi connectivity index (χ3n) is 4.37. The van der Waals surface area contributed by atoms with E-state index in [0.717, 1.165) is 21.7 Å². The number of sulfonamides is 1. The van der Waals surface area contributed by atoms with Crippen LogP contribution in [0.15, 0.2) is 18.2 Å². The maximum atomic E-state index is 12.7. The number of morpholine rings is 1. The van der Waals surface area contributed by atoms with Crippen molar-refractivity contribution in [3.8, 4) is 0 Å². The summed E-state index contributed by atoms with van der Waals surface area (Å²) in [6, 6.07) is 5.48. The number of carboxylic acid groups (broad SMARTS) is 1. The number of nitrogens with zero attached hydrogens (tertiary/aromatic N) is 2. The molecule has 0 bridgehead atoms. The normalized spacial score (nSPS) is 18.2. The van der Waals surface area contributed by atoms with Crippen molar-refractivity contribution in [3.05, 3.63) is 34.9 Å². The standard InChI is InChI=1S/C17H24N2O6S/c1-12-4-5-14(8-13(12)2)17(22)18-6-7-25-15(9-18)10-19(11-16(20)21)26(3,23)24/h4-5,8,15H,6-7,9-11H2,1-3H3,(H,20,21). The van der Waals surface area contributed by atoms with Gasteiger partial charge in [0.25, 0.3) is 5.91 Å². The predicted octanol–water partition coefficient (Wildman–Crippen LogP) is 0.491. The van der Waals surface area contributed by atoms with Crippen LogP contribution in [0.1, 0.15) is 21.5 Å². The molecule has 1 saturated heterocycles. The van der Waals surface area contributed by atoms with Crippen LogP contribution in [0, 0.1) is 13.8 Å². The van der Waals surface area contributed by atoms with E-state index in [-0.39, 0.29) is 25.6 Å². The molecule has 26 heavy (non-hydrogen) atoms. The van der Waals surface area contributed by atoms with Crippen LogP contribution in [0.3, 0.4) is 0 Å². The Balaban J connectivity index is 2.09. The molecule has 8 nitrogen and oxygen atoms in total. The van der Waals surface area contributed by atoms with Gasteiger partial charge in [-0.15, -0.1) is 0 Å². The Morgan fingerprint density at radius 1 is 1.31 bits per heavy atom. The lowest BCUT2D eigenvalue weighted by atomic mass is 10.1. The second kappa shape index (κ2) is 8.15. The predicted molar refractivity (Wildman–Crippen MR) is 95.6 cm³/mol. The second-order valence-corrected chi connectivity index (χ2v) is 8.47. The van der Waals surface area contributed by atoms with Gasteiger partial charge >= 0.3 is 5.97 Å². The van der Waals surface area contributed by atoms with Crippen LogP contribution in [0.25, 0.3) is 0 Å². The summed E-state index contributed by atoms with van der Waals surface area (Å²) in [5.74, 6) is -1.39. The SMILES string of the molecule is Cc1ccc(C(=O)N2CCOC(CN(CC(=O)O)S(C)(=O)=O)C2)cc1C. The molecule has 0 spiro atoms. The van der Waals surface area contributed by atoms with Crippen molar-refractivity contribution in [2.24, 2.45) is 0 Å². The third kappa shape index (κ3) is 5.26. The Morgan fingerprint density at radius 2 is 2.00 bits per heavy atom. The van der Waals surface area contributed by atoms with Gasteiger partial charge in [0, 0.05) is 25.2 Å². The van der Waals surface area contributed by atoms with Crippen LogP contribution in [0.4, 0.5) is 0 Å². The molecule has 2 rings (SSSR count). The highest BCUT2D eigenvalue weighted by molar-refractivity contribution is 7.88. The van der Waals surface area contributed by atoms with Crippen LogP contribution in [-0.2, 0) is 19.6 Å². The lowest BCUT2D eigenvalue weighted by Crippen LogP contribution is -2.51. The first-order valence-electron chi connectivity index (χ1n) is 8.23. The van der Waals surface area contributed by atoms with Crippen molar-refractivity contribution >= 4 is 21.9 Å². The number of carbonyl (C=O) groups excluding carboxylic acids is 1. The molecule has 1 fully saturated rings. The van der Waals surface area contributed by atoms with Gasteiger partial charge in [0.05, 0.1) is 19.0 Å². The molecule has 0 saturated carbocycles. The van der Waals surface area contributed by atoms with Gasteiger partial charge in [-0.3, -0.25) is 9.59 Å². The fourth-order valence-electron chi connectivity index (χ4n) is 2.77. The Hall–Kier alpha value is -1.97. The molecule has 1 aliphatic heterocycles. The van der Waals surface area contributed by atoms with E-state index in [1.165, 1.54) is 0 Å². The van der Waals surface area contributed by atoms with Gasteiger partial charge in [0.1, 0.15) is 6.54 Å². The molecule has 144 valence electrons. The van der Waals surface area contributed by atoms with Crippen LogP contribution >= 0.6 is 0 Å². The summed E-state index contributed by atoms with van der Waals surface area (Å²) in [7, 11) is -3.69. The maximum absolute atomic E-state index is 12.7. The minimum absolute atomic E-state index is 0.109. The van der Waals surface area contributed by atoms with E-state index < -0.39 is 28.6 Å². The number of carboxylic acids is 1. The van der Waals surface area contributed by atoms with Gasteiger partial charge in [0.2, 0.25) is 10.0 Å². The molecule has 1 N–H and O–H groups in total. The number of rotatable bonds is 6. The first-order valence-corrected chi connectivity index (χ1v) is 10.1. The molecular weight excluding hydrogens is 360 g/mol. The molecule has 1 aromatic rings. The Kier molecular flexibility index (Phi) is 6.38. The summed E-state index contributed by atoms with van der Waals surface area (Å²) in [5.41, 5.74) is 2.68. The third-order valence-corrected chi connectivity index (χ3v) is 5.58. The number of aryl methyl sites for hydroxylation is 2. The molecule has 1 unspecified atom stereocenters. The number of aliphatic carboxylic acids is 1. The van der Waals surface area contributed by atoms with E-state index in [2.05, 4.69) is 0 Å². The molecule has 0 radical (unpaired) electrons. The highest BCUT2D eigenvalue weighted by Crippen LogP contribution is 2.15. The van der Waals surface area contributed by atoms with Gasteiger partial charge < -0.3 is 14.7 Å². The van der Waals surface area contributed by atoms with Crippen molar-refractivity contribution in [1.82, 2.24) is 9.21 Å².